The fraction of sp³-hybridized carbons (Fsp3) is 0.571. The predicted octanol–water partition coefficient (Wildman–Crippen LogP) is 5.73. The quantitative estimate of drug-likeness (QED) is 0.323. The van der Waals surface area contributed by atoms with E-state index in [9.17, 15) is 4.79 Å². The number of benzene rings is 1. The molecule has 1 amide bonds. The molecule has 0 aliphatic heterocycles. The molecule has 2 N–H and O–H groups in total. The maximum Gasteiger partial charge on any atom is 0.220 e. The third kappa shape index (κ3) is 7.64. The van der Waals surface area contributed by atoms with Crippen LogP contribution in [0.1, 0.15) is 63.4 Å². The zero-order valence-electron chi connectivity index (χ0n) is 15.2. The predicted molar refractivity (Wildman–Crippen MR) is 110 cm³/mol. The zero-order chi connectivity index (χ0) is 17.7. The number of para-hydroxylation sites is 1. The summed E-state index contributed by atoms with van der Waals surface area (Å²) in [6.45, 7) is 0.717. The Labute approximate surface area is 160 Å². The normalized spacial score (nSPS) is 11.1. The molecular formula is C21H31BrN2O. The van der Waals surface area contributed by atoms with Gasteiger partial charge in [-0.2, -0.15) is 0 Å². The number of carbonyl (C=O) groups excluding carboxylic acids is 1. The molecule has 0 saturated carbocycles. The van der Waals surface area contributed by atoms with Gasteiger partial charge < -0.3 is 10.3 Å². The standard InChI is InChI=1S/C21H31BrN2O/c22-15-10-6-4-2-1-3-5-7-13-21(25)23-16-14-18-17-24-20-12-9-8-11-19(18)20/h8-9,11-12,17,24H,1-7,10,13-16H2,(H,23,25). The van der Waals surface area contributed by atoms with Gasteiger partial charge in [-0.15, -0.1) is 0 Å². The number of unbranched alkanes of at least 4 members (excludes halogenated alkanes) is 7. The van der Waals surface area contributed by atoms with Crippen LogP contribution in [0.5, 0.6) is 0 Å². The Balaban J connectivity index is 1.49. The van der Waals surface area contributed by atoms with Gasteiger partial charge in [0.25, 0.3) is 0 Å². The number of nitrogens with one attached hydrogen (secondary N) is 2. The molecule has 2 rings (SSSR count). The summed E-state index contributed by atoms with van der Waals surface area (Å²) in [7, 11) is 0. The summed E-state index contributed by atoms with van der Waals surface area (Å²) in [4.78, 5) is 15.2. The Morgan fingerprint density at radius 1 is 0.960 bits per heavy atom. The molecule has 138 valence electrons. The lowest BCUT2D eigenvalue weighted by molar-refractivity contribution is -0.121. The number of rotatable bonds is 13. The third-order valence-corrected chi connectivity index (χ3v) is 5.24. The van der Waals surface area contributed by atoms with Crippen molar-refractivity contribution >= 4 is 32.7 Å². The highest BCUT2D eigenvalue weighted by Gasteiger charge is 2.04. The maximum atomic E-state index is 11.9. The highest BCUT2D eigenvalue weighted by molar-refractivity contribution is 9.09. The van der Waals surface area contributed by atoms with E-state index in [1.54, 1.807) is 0 Å². The van der Waals surface area contributed by atoms with Crippen LogP contribution in [-0.2, 0) is 11.2 Å². The number of carbonyl (C=O) groups is 1. The minimum Gasteiger partial charge on any atom is -0.361 e. The van der Waals surface area contributed by atoms with E-state index in [-0.39, 0.29) is 5.91 Å². The number of hydrogen-bond donors (Lipinski definition) is 2. The van der Waals surface area contributed by atoms with Crippen LogP contribution in [0.3, 0.4) is 0 Å². The number of halogens is 1. The van der Waals surface area contributed by atoms with Crippen LogP contribution in [-0.4, -0.2) is 22.8 Å². The molecule has 1 heterocycles. The molecule has 0 aliphatic carbocycles. The lowest BCUT2D eigenvalue weighted by Crippen LogP contribution is -2.25. The Kier molecular flexibility index (Phi) is 9.71. The average molecular weight is 407 g/mol. The average Bonchev–Trinajstić information content (AvgIpc) is 3.04. The topological polar surface area (TPSA) is 44.9 Å². The van der Waals surface area contributed by atoms with Crippen molar-refractivity contribution < 1.29 is 4.79 Å². The van der Waals surface area contributed by atoms with Gasteiger partial charge in [0.15, 0.2) is 0 Å². The molecule has 2 aromatic rings. The van der Waals surface area contributed by atoms with E-state index in [0.717, 1.165) is 23.7 Å². The first-order valence-electron chi connectivity index (χ1n) is 9.69. The highest BCUT2D eigenvalue weighted by Crippen LogP contribution is 2.17. The van der Waals surface area contributed by atoms with Crippen LogP contribution < -0.4 is 5.32 Å². The molecule has 0 unspecified atom stereocenters. The van der Waals surface area contributed by atoms with E-state index in [2.05, 4.69) is 50.6 Å². The number of H-pyrrole nitrogens is 1. The Morgan fingerprint density at radius 3 is 2.40 bits per heavy atom. The third-order valence-electron chi connectivity index (χ3n) is 4.68. The molecule has 1 aromatic heterocycles. The molecule has 0 spiro atoms. The van der Waals surface area contributed by atoms with Crippen LogP contribution >= 0.6 is 15.9 Å². The summed E-state index contributed by atoms with van der Waals surface area (Å²) in [6, 6.07) is 8.30. The van der Waals surface area contributed by atoms with Gasteiger partial charge in [0.2, 0.25) is 5.91 Å². The van der Waals surface area contributed by atoms with Crippen molar-refractivity contribution in [3.63, 3.8) is 0 Å². The smallest absolute Gasteiger partial charge is 0.220 e. The van der Waals surface area contributed by atoms with Gasteiger partial charge in [0.05, 0.1) is 0 Å². The number of hydrogen-bond acceptors (Lipinski definition) is 1. The molecule has 25 heavy (non-hydrogen) atoms. The molecule has 0 bridgehead atoms. The van der Waals surface area contributed by atoms with Crippen LogP contribution in [0.25, 0.3) is 10.9 Å². The second kappa shape index (κ2) is 12.1. The number of fused-ring (bicyclic) bond motifs is 1. The number of amides is 1. The molecule has 0 radical (unpaired) electrons. The van der Waals surface area contributed by atoms with Crippen molar-refractivity contribution in [3.8, 4) is 0 Å². The fourth-order valence-electron chi connectivity index (χ4n) is 3.20. The van der Waals surface area contributed by atoms with E-state index in [1.165, 1.54) is 55.9 Å². The molecule has 3 nitrogen and oxygen atoms in total. The zero-order valence-corrected chi connectivity index (χ0v) is 16.7. The van der Waals surface area contributed by atoms with E-state index >= 15 is 0 Å². The van der Waals surface area contributed by atoms with E-state index in [0.29, 0.717) is 13.0 Å². The minimum atomic E-state index is 0.192. The molecule has 0 fully saturated rings. The van der Waals surface area contributed by atoms with E-state index in [4.69, 9.17) is 0 Å². The second-order valence-corrected chi connectivity index (χ2v) is 7.52. The molecule has 1 aromatic carbocycles. The Morgan fingerprint density at radius 2 is 1.64 bits per heavy atom. The molecule has 0 saturated heterocycles. The lowest BCUT2D eigenvalue weighted by atomic mass is 10.1. The van der Waals surface area contributed by atoms with Crippen molar-refractivity contribution in [2.24, 2.45) is 0 Å². The summed E-state index contributed by atoms with van der Waals surface area (Å²) in [5.41, 5.74) is 2.44. The fourth-order valence-corrected chi connectivity index (χ4v) is 3.60. The second-order valence-electron chi connectivity index (χ2n) is 6.73. The largest absolute Gasteiger partial charge is 0.361 e. The van der Waals surface area contributed by atoms with E-state index < -0.39 is 0 Å². The van der Waals surface area contributed by atoms with Gasteiger partial charge in [0.1, 0.15) is 0 Å². The summed E-state index contributed by atoms with van der Waals surface area (Å²) in [5, 5.41) is 5.44. The number of alkyl halides is 1. The van der Waals surface area contributed by atoms with Crippen molar-refractivity contribution in [2.75, 3.05) is 11.9 Å². The Hall–Kier alpha value is -1.29. The summed E-state index contributed by atoms with van der Waals surface area (Å²) >= 11 is 3.47. The van der Waals surface area contributed by atoms with E-state index in [1.807, 2.05) is 6.07 Å². The van der Waals surface area contributed by atoms with Gasteiger partial charge in [-0.3, -0.25) is 4.79 Å². The Bertz CT molecular complexity index is 623. The SMILES string of the molecule is O=C(CCCCCCCCCCBr)NCCc1c[nH]c2ccccc12. The first kappa shape index (κ1) is 20.0. The van der Waals surface area contributed by atoms with Crippen LogP contribution in [0, 0.1) is 0 Å². The van der Waals surface area contributed by atoms with Crippen molar-refractivity contribution in [2.45, 2.75) is 64.2 Å². The lowest BCUT2D eigenvalue weighted by Gasteiger charge is -2.05. The van der Waals surface area contributed by atoms with Gasteiger partial charge in [-0.25, -0.2) is 0 Å². The van der Waals surface area contributed by atoms with Crippen molar-refractivity contribution in [3.05, 3.63) is 36.0 Å². The minimum absolute atomic E-state index is 0.192. The summed E-state index contributed by atoms with van der Waals surface area (Å²) in [5.74, 6) is 0.192. The molecule has 0 aliphatic rings. The van der Waals surface area contributed by atoms with Gasteiger partial charge >= 0.3 is 0 Å². The molecule has 0 atom stereocenters. The van der Waals surface area contributed by atoms with Crippen molar-refractivity contribution in [1.29, 1.82) is 0 Å². The van der Waals surface area contributed by atoms with Gasteiger partial charge in [-0.05, 0) is 30.9 Å². The van der Waals surface area contributed by atoms with Crippen LogP contribution in [0.4, 0.5) is 0 Å². The number of aromatic amines is 1. The molecular weight excluding hydrogens is 376 g/mol. The number of aromatic nitrogens is 1. The van der Waals surface area contributed by atoms with Gasteiger partial charge in [0, 0.05) is 35.4 Å². The first-order chi connectivity index (χ1) is 12.3. The summed E-state index contributed by atoms with van der Waals surface area (Å²) in [6.07, 6.45) is 13.7. The van der Waals surface area contributed by atoms with Crippen LogP contribution in [0.15, 0.2) is 30.5 Å². The first-order valence-corrected chi connectivity index (χ1v) is 10.8. The highest BCUT2D eigenvalue weighted by atomic mass is 79.9. The van der Waals surface area contributed by atoms with Crippen LogP contribution in [0.2, 0.25) is 0 Å². The van der Waals surface area contributed by atoms with Crippen molar-refractivity contribution in [1.82, 2.24) is 10.3 Å². The van der Waals surface area contributed by atoms with Gasteiger partial charge in [-0.1, -0.05) is 72.7 Å². The monoisotopic (exact) mass is 406 g/mol. The molecule has 4 heteroatoms. The summed E-state index contributed by atoms with van der Waals surface area (Å²) < 4.78 is 0. The maximum absolute atomic E-state index is 11.9.